The Morgan fingerprint density at radius 2 is 2.17 bits per heavy atom. The lowest BCUT2D eigenvalue weighted by Crippen LogP contribution is -2.54. The van der Waals surface area contributed by atoms with E-state index in [4.69, 9.17) is 27.8 Å². The molecule has 0 bridgehead atoms. The highest BCUT2D eigenvalue weighted by Gasteiger charge is 2.34. The third-order valence-corrected chi connectivity index (χ3v) is 3.33. The third kappa shape index (κ3) is 3.63. The summed E-state index contributed by atoms with van der Waals surface area (Å²) >= 11 is 4.98. The summed E-state index contributed by atoms with van der Waals surface area (Å²) in [5.41, 5.74) is 5.65. The van der Waals surface area contributed by atoms with Crippen LogP contribution in [0.1, 0.15) is 20.8 Å². The standard InChI is InChI=1S/C12H22N2O3S/c1-7(2)10(11(13)18)12(16)14-4-8(3)17-9(5-14)6-15/h7-10,15H,4-6H2,1-3H3,(H2,13,18). The van der Waals surface area contributed by atoms with Crippen molar-refractivity contribution in [2.24, 2.45) is 17.6 Å². The van der Waals surface area contributed by atoms with Gasteiger partial charge in [-0.1, -0.05) is 26.1 Å². The molecule has 5 nitrogen and oxygen atoms in total. The molecule has 1 fully saturated rings. The first-order chi connectivity index (χ1) is 8.36. The van der Waals surface area contributed by atoms with Gasteiger partial charge in [-0.15, -0.1) is 0 Å². The molecule has 1 amide bonds. The molecule has 0 aromatic rings. The molecular formula is C12H22N2O3S. The normalized spacial score (nSPS) is 26.2. The Morgan fingerprint density at radius 3 is 2.61 bits per heavy atom. The van der Waals surface area contributed by atoms with Crippen molar-refractivity contribution >= 4 is 23.1 Å². The van der Waals surface area contributed by atoms with Gasteiger partial charge in [0.1, 0.15) is 0 Å². The van der Waals surface area contributed by atoms with Gasteiger partial charge in [-0.05, 0) is 12.8 Å². The molecule has 1 saturated heterocycles. The average Bonchev–Trinajstić information content (AvgIpc) is 2.26. The van der Waals surface area contributed by atoms with Gasteiger partial charge in [0.05, 0.1) is 29.7 Å². The first kappa shape index (κ1) is 15.3. The second-order valence-electron chi connectivity index (χ2n) is 5.12. The van der Waals surface area contributed by atoms with Gasteiger partial charge in [-0.3, -0.25) is 4.79 Å². The summed E-state index contributed by atoms with van der Waals surface area (Å²) in [6.45, 7) is 6.55. The summed E-state index contributed by atoms with van der Waals surface area (Å²) < 4.78 is 5.51. The average molecular weight is 274 g/mol. The lowest BCUT2D eigenvalue weighted by Gasteiger charge is -2.38. The minimum absolute atomic E-state index is 0.0638. The molecule has 0 spiro atoms. The lowest BCUT2D eigenvalue weighted by molar-refractivity contribution is -0.150. The quantitative estimate of drug-likeness (QED) is 0.714. The van der Waals surface area contributed by atoms with Gasteiger partial charge >= 0.3 is 0 Å². The molecule has 0 saturated carbocycles. The van der Waals surface area contributed by atoms with E-state index in [2.05, 4.69) is 0 Å². The molecule has 3 atom stereocenters. The van der Waals surface area contributed by atoms with E-state index in [1.54, 1.807) is 4.90 Å². The van der Waals surface area contributed by atoms with E-state index in [-0.39, 0.29) is 35.6 Å². The van der Waals surface area contributed by atoms with Crippen LogP contribution >= 0.6 is 12.2 Å². The lowest BCUT2D eigenvalue weighted by atomic mass is 9.94. The zero-order valence-corrected chi connectivity index (χ0v) is 11.9. The zero-order valence-electron chi connectivity index (χ0n) is 11.1. The maximum atomic E-state index is 12.4. The molecule has 0 aromatic heterocycles. The van der Waals surface area contributed by atoms with Crippen LogP contribution in [0.5, 0.6) is 0 Å². The molecule has 1 rings (SSSR count). The van der Waals surface area contributed by atoms with Crippen molar-refractivity contribution in [3.63, 3.8) is 0 Å². The molecule has 1 aliphatic rings. The number of hydrogen-bond donors (Lipinski definition) is 2. The van der Waals surface area contributed by atoms with E-state index < -0.39 is 5.92 Å². The van der Waals surface area contributed by atoms with Gasteiger partial charge in [0.2, 0.25) is 5.91 Å². The molecule has 0 radical (unpaired) electrons. The van der Waals surface area contributed by atoms with E-state index in [9.17, 15) is 4.79 Å². The second-order valence-corrected chi connectivity index (χ2v) is 5.59. The number of aliphatic hydroxyl groups excluding tert-OH is 1. The Balaban J connectivity index is 2.78. The summed E-state index contributed by atoms with van der Waals surface area (Å²) in [4.78, 5) is 14.3. The Morgan fingerprint density at radius 1 is 1.56 bits per heavy atom. The molecule has 104 valence electrons. The predicted octanol–water partition coefficient (Wildman–Crippen LogP) is 0.153. The topological polar surface area (TPSA) is 75.8 Å². The van der Waals surface area contributed by atoms with Crippen LogP contribution in [0.2, 0.25) is 0 Å². The molecular weight excluding hydrogens is 252 g/mol. The van der Waals surface area contributed by atoms with Crippen molar-refractivity contribution in [2.45, 2.75) is 33.0 Å². The van der Waals surface area contributed by atoms with E-state index in [0.29, 0.717) is 13.1 Å². The van der Waals surface area contributed by atoms with E-state index in [1.165, 1.54) is 0 Å². The summed E-state index contributed by atoms with van der Waals surface area (Å²) in [6, 6.07) is 0. The SMILES string of the molecule is CC1CN(C(=O)C(C(N)=S)C(C)C)CC(CO)O1. The van der Waals surface area contributed by atoms with Gasteiger partial charge in [-0.25, -0.2) is 0 Å². The zero-order chi connectivity index (χ0) is 13.9. The predicted molar refractivity (Wildman–Crippen MR) is 73.1 cm³/mol. The number of rotatable bonds is 4. The van der Waals surface area contributed by atoms with Crippen molar-refractivity contribution in [1.29, 1.82) is 0 Å². The Kier molecular flexibility index (Phi) is 5.49. The van der Waals surface area contributed by atoms with Crippen LogP contribution in [0, 0.1) is 11.8 Å². The third-order valence-electron chi connectivity index (χ3n) is 3.08. The second kappa shape index (κ2) is 6.45. The van der Waals surface area contributed by atoms with Gasteiger partial charge in [0.15, 0.2) is 0 Å². The van der Waals surface area contributed by atoms with Crippen molar-refractivity contribution in [3.05, 3.63) is 0 Å². The van der Waals surface area contributed by atoms with Crippen molar-refractivity contribution in [2.75, 3.05) is 19.7 Å². The van der Waals surface area contributed by atoms with Crippen LogP contribution in [-0.4, -0.2) is 52.8 Å². The van der Waals surface area contributed by atoms with Crippen LogP contribution < -0.4 is 5.73 Å². The highest BCUT2D eigenvalue weighted by molar-refractivity contribution is 7.80. The molecule has 18 heavy (non-hydrogen) atoms. The number of carbonyl (C=O) groups is 1. The first-order valence-corrected chi connectivity index (χ1v) is 6.62. The molecule has 1 aliphatic heterocycles. The van der Waals surface area contributed by atoms with Crippen LogP contribution in [-0.2, 0) is 9.53 Å². The number of hydrogen-bond acceptors (Lipinski definition) is 4. The number of carbonyl (C=O) groups excluding carboxylic acids is 1. The fourth-order valence-corrected chi connectivity index (χ4v) is 2.63. The maximum Gasteiger partial charge on any atom is 0.232 e. The minimum Gasteiger partial charge on any atom is -0.394 e. The largest absolute Gasteiger partial charge is 0.394 e. The van der Waals surface area contributed by atoms with Crippen LogP contribution in [0.25, 0.3) is 0 Å². The molecule has 1 heterocycles. The fourth-order valence-electron chi connectivity index (χ4n) is 2.26. The molecule has 0 aromatic carbocycles. The smallest absolute Gasteiger partial charge is 0.232 e. The highest BCUT2D eigenvalue weighted by atomic mass is 32.1. The summed E-state index contributed by atoms with van der Waals surface area (Å²) in [5, 5.41) is 9.15. The summed E-state index contributed by atoms with van der Waals surface area (Å²) in [6.07, 6.45) is -0.407. The Bertz CT molecular complexity index is 322. The number of morpholine rings is 1. The van der Waals surface area contributed by atoms with Gasteiger partial charge < -0.3 is 20.5 Å². The Hall–Kier alpha value is -0.720. The van der Waals surface area contributed by atoms with Gasteiger partial charge in [0.25, 0.3) is 0 Å². The van der Waals surface area contributed by atoms with E-state index >= 15 is 0 Å². The summed E-state index contributed by atoms with van der Waals surface area (Å²) in [5.74, 6) is -0.434. The number of nitrogens with zero attached hydrogens (tertiary/aromatic N) is 1. The number of nitrogens with two attached hydrogens (primary N) is 1. The van der Waals surface area contributed by atoms with E-state index in [1.807, 2.05) is 20.8 Å². The van der Waals surface area contributed by atoms with Crippen molar-refractivity contribution in [3.8, 4) is 0 Å². The molecule has 3 N–H and O–H groups in total. The van der Waals surface area contributed by atoms with E-state index in [0.717, 1.165) is 0 Å². The number of ether oxygens (including phenoxy) is 1. The van der Waals surface area contributed by atoms with Crippen LogP contribution in [0.3, 0.4) is 0 Å². The number of amides is 1. The maximum absolute atomic E-state index is 12.4. The molecule has 3 unspecified atom stereocenters. The van der Waals surface area contributed by atoms with Gasteiger partial charge in [0, 0.05) is 13.1 Å². The van der Waals surface area contributed by atoms with Crippen molar-refractivity contribution in [1.82, 2.24) is 4.90 Å². The van der Waals surface area contributed by atoms with Gasteiger partial charge in [-0.2, -0.15) is 0 Å². The highest BCUT2D eigenvalue weighted by Crippen LogP contribution is 2.19. The Labute approximate surface area is 113 Å². The van der Waals surface area contributed by atoms with Crippen LogP contribution in [0.15, 0.2) is 0 Å². The van der Waals surface area contributed by atoms with Crippen molar-refractivity contribution < 1.29 is 14.6 Å². The summed E-state index contributed by atoms with van der Waals surface area (Å²) in [7, 11) is 0. The van der Waals surface area contributed by atoms with Crippen LogP contribution in [0.4, 0.5) is 0 Å². The fraction of sp³-hybridized carbons (Fsp3) is 0.833. The molecule has 6 heteroatoms. The molecule has 0 aliphatic carbocycles. The number of thiocarbonyl (C=S) groups is 1. The monoisotopic (exact) mass is 274 g/mol. The minimum atomic E-state index is -0.440. The number of aliphatic hydroxyl groups is 1. The first-order valence-electron chi connectivity index (χ1n) is 6.21.